The minimum absolute atomic E-state index is 0.136. The first-order valence-electron chi connectivity index (χ1n) is 8.09. The minimum atomic E-state index is -3.39. The topological polar surface area (TPSA) is 123 Å². The van der Waals surface area contributed by atoms with Crippen LogP contribution in [-0.2, 0) is 21.1 Å². The van der Waals surface area contributed by atoms with Crippen molar-refractivity contribution in [1.82, 2.24) is 5.32 Å². The molecule has 2 aromatic rings. The van der Waals surface area contributed by atoms with Gasteiger partial charge in [-0.25, -0.2) is 13.2 Å². The second-order valence-electron chi connectivity index (χ2n) is 6.47. The van der Waals surface area contributed by atoms with E-state index in [2.05, 4.69) is 5.32 Å². The summed E-state index contributed by atoms with van der Waals surface area (Å²) in [4.78, 5) is 24.6. The highest BCUT2D eigenvalue weighted by Crippen LogP contribution is 2.31. The normalized spacial score (nSPS) is 21.3. The zero-order chi connectivity index (χ0) is 19.9. The number of carbonyl (C=O) groups excluding carboxylic acids is 1. The number of rotatable bonds is 4. The van der Waals surface area contributed by atoms with Crippen LogP contribution in [0.5, 0.6) is 5.75 Å². The van der Waals surface area contributed by atoms with Crippen molar-refractivity contribution < 1.29 is 27.5 Å². The van der Waals surface area contributed by atoms with Gasteiger partial charge in [0.1, 0.15) is 11.3 Å². The van der Waals surface area contributed by atoms with Crippen molar-refractivity contribution in [2.75, 3.05) is 18.6 Å². The number of methoxy groups -OCH3 is 1. The van der Waals surface area contributed by atoms with Gasteiger partial charge in [-0.3, -0.25) is 4.79 Å². The van der Waals surface area contributed by atoms with Gasteiger partial charge in [0.05, 0.1) is 47.8 Å². The van der Waals surface area contributed by atoms with Crippen LogP contribution in [-0.4, -0.2) is 50.2 Å². The third kappa shape index (κ3) is 3.95. The summed E-state index contributed by atoms with van der Waals surface area (Å²) in [6, 6.07) is 2.19. The molecule has 2 heterocycles. The lowest BCUT2D eigenvalue weighted by Crippen LogP contribution is -2.43. The number of sulfone groups is 1. The van der Waals surface area contributed by atoms with Crippen LogP contribution < -0.4 is 15.7 Å². The molecule has 0 bridgehead atoms. The number of benzene rings is 1. The zero-order valence-corrected chi connectivity index (χ0v) is 16.2. The second kappa shape index (κ2) is 7.14. The maximum atomic E-state index is 12.3. The van der Waals surface area contributed by atoms with Crippen molar-refractivity contribution in [3.8, 4) is 5.75 Å². The molecule has 1 aromatic carbocycles. The number of carbonyl (C=O) groups is 1. The Labute approximate surface area is 160 Å². The summed E-state index contributed by atoms with van der Waals surface area (Å²) in [5.41, 5.74) is 0.261. The molecule has 1 aliphatic heterocycles. The quantitative estimate of drug-likeness (QED) is 0.700. The van der Waals surface area contributed by atoms with E-state index < -0.39 is 39.3 Å². The van der Waals surface area contributed by atoms with Crippen LogP contribution in [0.4, 0.5) is 0 Å². The van der Waals surface area contributed by atoms with E-state index in [1.165, 1.54) is 13.2 Å². The van der Waals surface area contributed by atoms with Gasteiger partial charge in [-0.05, 0) is 18.6 Å². The predicted octanol–water partition coefficient (Wildman–Crippen LogP) is 0.580. The molecule has 1 amide bonds. The van der Waals surface area contributed by atoms with Gasteiger partial charge in [0.25, 0.3) is 0 Å². The molecule has 3 rings (SSSR count). The molecule has 146 valence electrons. The van der Waals surface area contributed by atoms with Gasteiger partial charge in [-0.15, -0.1) is 0 Å². The lowest BCUT2D eigenvalue weighted by Gasteiger charge is -2.15. The van der Waals surface area contributed by atoms with Gasteiger partial charge in [-0.1, -0.05) is 11.6 Å². The van der Waals surface area contributed by atoms with Crippen molar-refractivity contribution in [2.45, 2.75) is 25.5 Å². The first kappa shape index (κ1) is 19.7. The number of ether oxygens (including phenoxy) is 1. The summed E-state index contributed by atoms with van der Waals surface area (Å²) in [5, 5.41) is 13.1. The summed E-state index contributed by atoms with van der Waals surface area (Å²) in [7, 11) is -1.95. The highest BCUT2D eigenvalue weighted by atomic mass is 35.5. The fraction of sp³-hybridized carbons (Fsp3) is 0.412. The van der Waals surface area contributed by atoms with E-state index >= 15 is 0 Å². The van der Waals surface area contributed by atoms with Crippen molar-refractivity contribution in [3.63, 3.8) is 0 Å². The molecule has 2 N–H and O–H groups in total. The lowest BCUT2D eigenvalue weighted by molar-refractivity contribution is -0.121. The monoisotopic (exact) mass is 415 g/mol. The van der Waals surface area contributed by atoms with Gasteiger partial charge in [0, 0.05) is 11.5 Å². The maximum Gasteiger partial charge on any atom is 0.340 e. The Kier molecular flexibility index (Phi) is 5.20. The van der Waals surface area contributed by atoms with Gasteiger partial charge in [0.15, 0.2) is 9.84 Å². The van der Waals surface area contributed by atoms with E-state index in [9.17, 15) is 23.1 Å². The second-order valence-corrected chi connectivity index (χ2v) is 9.03. The van der Waals surface area contributed by atoms with Crippen LogP contribution in [0.15, 0.2) is 21.3 Å². The van der Waals surface area contributed by atoms with E-state index in [0.717, 1.165) is 0 Å². The Bertz CT molecular complexity index is 1080. The molecule has 0 radical (unpaired) electrons. The van der Waals surface area contributed by atoms with Crippen LogP contribution in [0.2, 0.25) is 5.02 Å². The molecule has 0 saturated carbocycles. The predicted molar refractivity (Wildman–Crippen MR) is 99.1 cm³/mol. The molecule has 8 nitrogen and oxygen atoms in total. The Morgan fingerprint density at radius 1 is 1.41 bits per heavy atom. The largest absolute Gasteiger partial charge is 0.495 e. The number of hydrogen-bond acceptors (Lipinski definition) is 7. The molecule has 1 saturated heterocycles. The minimum Gasteiger partial charge on any atom is -0.495 e. The average Bonchev–Trinajstić information content (AvgIpc) is 2.83. The number of aliphatic hydroxyl groups excluding tert-OH is 1. The molecule has 1 fully saturated rings. The lowest BCUT2D eigenvalue weighted by atomic mass is 10.0. The first-order valence-corrected chi connectivity index (χ1v) is 10.3. The molecule has 0 aliphatic carbocycles. The number of halogens is 1. The molecule has 0 spiro atoms. The number of aliphatic hydroxyl groups is 1. The number of amides is 1. The highest BCUT2D eigenvalue weighted by Gasteiger charge is 2.37. The Morgan fingerprint density at radius 3 is 2.70 bits per heavy atom. The van der Waals surface area contributed by atoms with Gasteiger partial charge in [0.2, 0.25) is 5.91 Å². The Hall–Kier alpha value is -2.10. The fourth-order valence-corrected chi connectivity index (χ4v) is 5.12. The van der Waals surface area contributed by atoms with E-state index in [-0.39, 0.29) is 23.3 Å². The highest BCUT2D eigenvalue weighted by molar-refractivity contribution is 7.91. The van der Waals surface area contributed by atoms with E-state index in [4.69, 9.17) is 20.8 Å². The van der Waals surface area contributed by atoms with Crippen molar-refractivity contribution in [1.29, 1.82) is 0 Å². The molecule has 1 aliphatic rings. The standard InChI is InChI=1S/C17H18ClNO7S/c1-8-9-3-11(18)15(25-2)5-14(9)26-17(22)10(8)4-16(21)19-12-6-27(23,24)7-13(12)20/h3,5,12-13,20H,4,6-7H2,1-2H3,(H,19,21)/t12-,13-/m1/s1. The summed E-state index contributed by atoms with van der Waals surface area (Å²) in [6.07, 6.45) is -1.48. The molecule has 0 unspecified atom stereocenters. The SMILES string of the molecule is COc1cc2oc(=O)c(CC(=O)N[C@@H]3CS(=O)(=O)C[C@H]3O)c(C)c2cc1Cl. The number of hydrogen-bond donors (Lipinski definition) is 2. The van der Waals surface area contributed by atoms with Crippen molar-refractivity contribution >= 4 is 38.3 Å². The summed E-state index contributed by atoms with van der Waals surface area (Å²) >= 11 is 6.12. The number of fused-ring (bicyclic) bond motifs is 1. The number of aryl methyl sites for hydroxylation is 1. The van der Waals surface area contributed by atoms with Crippen LogP contribution in [0.3, 0.4) is 0 Å². The smallest absolute Gasteiger partial charge is 0.340 e. The summed E-state index contributed by atoms with van der Waals surface area (Å²) in [5.74, 6) is -0.949. The van der Waals surface area contributed by atoms with Crippen LogP contribution in [0.1, 0.15) is 11.1 Å². The van der Waals surface area contributed by atoms with Crippen LogP contribution >= 0.6 is 11.6 Å². The third-order valence-corrected chi connectivity index (χ3v) is 6.58. The van der Waals surface area contributed by atoms with Crippen molar-refractivity contribution in [2.24, 2.45) is 0 Å². The third-order valence-electron chi connectivity index (χ3n) is 4.57. The average molecular weight is 416 g/mol. The van der Waals surface area contributed by atoms with Crippen LogP contribution in [0.25, 0.3) is 11.0 Å². The van der Waals surface area contributed by atoms with E-state index in [1.54, 1.807) is 13.0 Å². The van der Waals surface area contributed by atoms with Gasteiger partial charge in [-0.2, -0.15) is 0 Å². The van der Waals surface area contributed by atoms with E-state index in [1.807, 2.05) is 0 Å². The Morgan fingerprint density at radius 2 is 2.11 bits per heavy atom. The molecule has 2 atom stereocenters. The molecular formula is C17H18ClNO7S. The maximum absolute atomic E-state index is 12.3. The van der Waals surface area contributed by atoms with Crippen LogP contribution in [0, 0.1) is 6.92 Å². The van der Waals surface area contributed by atoms with E-state index in [0.29, 0.717) is 21.7 Å². The molecule has 10 heteroatoms. The number of nitrogens with one attached hydrogen (secondary N) is 1. The zero-order valence-electron chi connectivity index (χ0n) is 14.6. The summed E-state index contributed by atoms with van der Waals surface area (Å²) in [6.45, 7) is 1.67. The van der Waals surface area contributed by atoms with Crippen molar-refractivity contribution in [3.05, 3.63) is 38.7 Å². The van der Waals surface area contributed by atoms with Gasteiger partial charge >= 0.3 is 5.63 Å². The summed E-state index contributed by atoms with van der Waals surface area (Å²) < 4.78 is 33.4. The molecule has 27 heavy (non-hydrogen) atoms. The molecule has 1 aromatic heterocycles. The first-order chi connectivity index (χ1) is 12.6. The van der Waals surface area contributed by atoms with Gasteiger partial charge < -0.3 is 19.6 Å². The Balaban J connectivity index is 1.88. The molecular weight excluding hydrogens is 398 g/mol. The fourth-order valence-electron chi connectivity index (χ4n) is 3.14.